The van der Waals surface area contributed by atoms with Gasteiger partial charge in [0, 0.05) is 6.42 Å². The second-order valence-corrected chi connectivity index (χ2v) is 4.81. The summed E-state index contributed by atoms with van der Waals surface area (Å²) in [6, 6.07) is 11.6. The molecule has 0 N–H and O–H groups in total. The summed E-state index contributed by atoms with van der Waals surface area (Å²) in [7, 11) is 1.26. The minimum atomic E-state index is -0.821. The summed E-state index contributed by atoms with van der Waals surface area (Å²) >= 11 is 0. The van der Waals surface area contributed by atoms with Crippen molar-refractivity contribution in [1.29, 1.82) is 5.26 Å². The first-order valence-electron chi connectivity index (χ1n) is 6.20. The SMILES string of the molecule is COC(=O)[C@@H]1C[C@@](C#N)(c2ccccc2)CCC1=O. The van der Waals surface area contributed by atoms with E-state index in [4.69, 9.17) is 0 Å². The molecular formula is C15H15NO3. The van der Waals surface area contributed by atoms with E-state index >= 15 is 0 Å². The number of nitriles is 1. The first-order valence-corrected chi connectivity index (χ1v) is 6.20. The number of Topliss-reactive ketones (excluding diaryl/α,β-unsaturated/α-hetero) is 1. The van der Waals surface area contributed by atoms with Crippen LogP contribution in [-0.2, 0) is 19.7 Å². The van der Waals surface area contributed by atoms with Crippen LogP contribution >= 0.6 is 0 Å². The first-order chi connectivity index (χ1) is 9.13. The second-order valence-electron chi connectivity index (χ2n) is 4.81. The summed E-state index contributed by atoms with van der Waals surface area (Å²) < 4.78 is 4.66. The van der Waals surface area contributed by atoms with Gasteiger partial charge in [0.15, 0.2) is 0 Å². The highest BCUT2D eigenvalue weighted by atomic mass is 16.5. The third-order valence-electron chi connectivity index (χ3n) is 3.77. The number of ketones is 1. The van der Waals surface area contributed by atoms with Crippen LogP contribution in [0.3, 0.4) is 0 Å². The smallest absolute Gasteiger partial charge is 0.316 e. The van der Waals surface area contributed by atoms with Crippen LogP contribution in [0.2, 0.25) is 0 Å². The van der Waals surface area contributed by atoms with Crippen molar-refractivity contribution in [3.63, 3.8) is 0 Å². The zero-order valence-corrected chi connectivity index (χ0v) is 10.8. The molecule has 1 aliphatic rings. The number of esters is 1. The Hall–Kier alpha value is -2.15. The van der Waals surface area contributed by atoms with E-state index in [2.05, 4.69) is 10.8 Å². The van der Waals surface area contributed by atoms with Gasteiger partial charge in [0.2, 0.25) is 0 Å². The number of carbonyl (C=O) groups excluding carboxylic acids is 2. The Morgan fingerprint density at radius 1 is 1.42 bits per heavy atom. The van der Waals surface area contributed by atoms with E-state index in [0.29, 0.717) is 6.42 Å². The fourth-order valence-electron chi connectivity index (χ4n) is 2.62. The Bertz CT molecular complexity index is 524. The molecular weight excluding hydrogens is 242 g/mol. The predicted molar refractivity (Wildman–Crippen MR) is 68.1 cm³/mol. The molecule has 0 unspecified atom stereocenters. The van der Waals surface area contributed by atoms with Gasteiger partial charge in [0.05, 0.1) is 18.6 Å². The van der Waals surface area contributed by atoms with Crippen LogP contribution in [0.25, 0.3) is 0 Å². The van der Waals surface area contributed by atoms with E-state index in [0.717, 1.165) is 5.56 Å². The van der Waals surface area contributed by atoms with Gasteiger partial charge in [-0.25, -0.2) is 0 Å². The Balaban J connectivity index is 2.36. The zero-order chi connectivity index (χ0) is 13.9. The minimum absolute atomic E-state index is 0.131. The molecule has 2 rings (SSSR count). The second kappa shape index (κ2) is 5.23. The van der Waals surface area contributed by atoms with Gasteiger partial charge in [-0.3, -0.25) is 9.59 Å². The highest BCUT2D eigenvalue weighted by Crippen LogP contribution is 2.40. The Kier molecular flexibility index (Phi) is 3.66. The summed E-state index contributed by atoms with van der Waals surface area (Å²) in [4.78, 5) is 23.5. The topological polar surface area (TPSA) is 67.2 Å². The van der Waals surface area contributed by atoms with Gasteiger partial charge in [-0.15, -0.1) is 0 Å². The van der Waals surface area contributed by atoms with Crippen LogP contribution in [0.15, 0.2) is 30.3 Å². The molecule has 0 aliphatic heterocycles. The molecule has 4 heteroatoms. The molecule has 1 fully saturated rings. The molecule has 19 heavy (non-hydrogen) atoms. The largest absolute Gasteiger partial charge is 0.468 e. The lowest BCUT2D eigenvalue weighted by Gasteiger charge is -2.34. The molecule has 2 atom stereocenters. The van der Waals surface area contributed by atoms with Crippen LogP contribution in [0.4, 0.5) is 0 Å². The van der Waals surface area contributed by atoms with Crippen molar-refractivity contribution in [2.45, 2.75) is 24.7 Å². The quantitative estimate of drug-likeness (QED) is 0.600. The highest BCUT2D eigenvalue weighted by Gasteiger charge is 2.45. The summed E-state index contributed by atoms with van der Waals surface area (Å²) in [6.45, 7) is 0. The standard InChI is InChI=1S/C15H15NO3/c1-19-14(18)12-9-15(10-16,8-7-13(12)17)11-5-3-2-4-6-11/h2-6,12H,7-9H2,1H3/t12-,15+/m1/s1. The summed E-state index contributed by atoms with van der Waals surface area (Å²) in [5, 5.41) is 9.54. The van der Waals surface area contributed by atoms with Crippen molar-refractivity contribution in [2.75, 3.05) is 7.11 Å². The maximum Gasteiger partial charge on any atom is 0.316 e. The van der Waals surface area contributed by atoms with E-state index in [-0.39, 0.29) is 18.6 Å². The summed E-state index contributed by atoms with van der Waals surface area (Å²) in [5.74, 6) is -1.49. The van der Waals surface area contributed by atoms with Crippen LogP contribution in [0.5, 0.6) is 0 Å². The fraction of sp³-hybridized carbons (Fsp3) is 0.400. The van der Waals surface area contributed by atoms with Gasteiger partial charge in [0.25, 0.3) is 0 Å². The molecule has 0 aromatic heterocycles. The van der Waals surface area contributed by atoms with Gasteiger partial charge in [-0.2, -0.15) is 5.26 Å². The molecule has 1 aliphatic carbocycles. The number of hydrogen-bond donors (Lipinski definition) is 0. The highest BCUT2D eigenvalue weighted by molar-refractivity contribution is 6.00. The van der Waals surface area contributed by atoms with E-state index in [9.17, 15) is 14.9 Å². The summed E-state index contributed by atoms with van der Waals surface area (Å²) in [6.07, 6.45) is 0.904. The molecule has 4 nitrogen and oxygen atoms in total. The van der Waals surface area contributed by atoms with E-state index < -0.39 is 17.3 Å². The van der Waals surface area contributed by atoms with Gasteiger partial charge in [-0.05, 0) is 18.4 Å². The first kappa shape index (κ1) is 13.3. The molecule has 98 valence electrons. The molecule has 0 spiro atoms. The number of ether oxygens (including phenoxy) is 1. The molecule has 0 amide bonds. The maximum absolute atomic E-state index is 11.8. The number of carbonyl (C=O) groups is 2. The van der Waals surface area contributed by atoms with Gasteiger partial charge < -0.3 is 4.74 Å². The van der Waals surface area contributed by atoms with Crippen molar-refractivity contribution < 1.29 is 14.3 Å². The number of nitrogens with zero attached hydrogens (tertiary/aromatic N) is 1. The number of hydrogen-bond acceptors (Lipinski definition) is 4. The lowest BCUT2D eigenvalue weighted by atomic mass is 9.66. The van der Waals surface area contributed by atoms with Crippen molar-refractivity contribution in [3.05, 3.63) is 35.9 Å². The van der Waals surface area contributed by atoms with Gasteiger partial charge >= 0.3 is 5.97 Å². The maximum atomic E-state index is 11.8. The van der Waals surface area contributed by atoms with E-state index in [1.807, 2.05) is 30.3 Å². The zero-order valence-electron chi connectivity index (χ0n) is 10.8. The monoisotopic (exact) mass is 257 g/mol. The molecule has 0 saturated heterocycles. The average molecular weight is 257 g/mol. The average Bonchev–Trinajstić information content (AvgIpc) is 2.48. The third kappa shape index (κ3) is 2.37. The lowest BCUT2D eigenvalue weighted by molar-refractivity contribution is -0.151. The molecule has 1 aromatic carbocycles. The normalized spacial score (nSPS) is 26.5. The summed E-state index contributed by atoms with van der Waals surface area (Å²) in [5.41, 5.74) is 0.0903. The lowest BCUT2D eigenvalue weighted by Crippen LogP contribution is -2.40. The molecule has 0 heterocycles. The minimum Gasteiger partial charge on any atom is -0.468 e. The Morgan fingerprint density at radius 2 is 2.11 bits per heavy atom. The number of rotatable bonds is 2. The molecule has 0 radical (unpaired) electrons. The van der Waals surface area contributed by atoms with Crippen LogP contribution in [-0.4, -0.2) is 18.9 Å². The number of methoxy groups -OCH3 is 1. The van der Waals surface area contributed by atoms with Crippen LogP contribution in [0.1, 0.15) is 24.8 Å². The van der Waals surface area contributed by atoms with E-state index in [1.54, 1.807) is 0 Å². The molecule has 1 saturated carbocycles. The van der Waals surface area contributed by atoms with Gasteiger partial charge in [0.1, 0.15) is 11.7 Å². The van der Waals surface area contributed by atoms with Crippen LogP contribution in [0, 0.1) is 17.2 Å². The van der Waals surface area contributed by atoms with Gasteiger partial charge in [-0.1, -0.05) is 30.3 Å². The third-order valence-corrected chi connectivity index (χ3v) is 3.77. The van der Waals surface area contributed by atoms with Crippen molar-refractivity contribution in [3.8, 4) is 6.07 Å². The van der Waals surface area contributed by atoms with Crippen molar-refractivity contribution in [1.82, 2.24) is 0 Å². The number of benzene rings is 1. The van der Waals surface area contributed by atoms with Crippen LogP contribution < -0.4 is 0 Å². The van der Waals surface area contributed by atoms with Crippen molar-refractivity contribution >= 4 is 11.8 Å². The predicted octanol–water partition coefficient (Wildman–Crippen LogP) is 1.99. The van der Waals surface area contributed by atoms with Crippen molar-refractivity contribution in [2.24, 2.45) is 5.92 Å². The molecule has 0 bridgehead atoms. The van der Waals surface area contributed by atoms with E-state index in [1.165, 1.54) is 7.11 Å². The molecule has 1 aromatic rings. The Morgan fingerprint density at radius 3 is 2.68 bits per heavy atom. The Labute approximate surface area is 112 Å². The fourth-order valence-corrected chi connectivity index (χ4v) is 2.62.